The lowest BCUT2D eigenvalue weighted by Crippen LogP contribution is -2.35. The normalized spacial score (nSPS) is 22.2. The van der Waals surface area contributed by atoms with Gasteiger partial charge in [-0.25, -0.2) is 0 Å². The Labute approximate surface area is 137 Å². The summed E-state index contributed by atoms with van der Waals surface area (Å²) in [6.07, 6.45) is 12.3. The van der Waals surface area contributed by atoms with E-state index in [2.05, 4.69) is 69.2 Å². The summed E-state index contributed by atoms with van der Waals surface area (Å²) in [4.78, 5) is 0. The second kappa shape index (κ2) is 7.47. The molecule has 0 saturated carbocycles. The first-order valence-corrected chi connectivity index (χ1v) is 12.2. The molecule has 0 radical (unpaired) electrons. The fraction of sp³-hybridized carbons (Fsp3) is 0.579. The van der Waals surface area contributed by atoms with Gasteiger partial charge in [0.15, 0.2) is 0 Å². The van der Waals surface area contributed by atoms with Crippen molar-refractivity contribution in [3.8, 4) is 0 Å². The summed E-state index contributed by atoms with van der Waals surface area (Å²) in [5, 5.41) is 3.69. The lowest BCUT2D eigenvalue weighted by molar-refractivity contribution is 0.117. The van der Waals surface area contributed by atoms with Crippen molar-refractivity contribution < 1.29 is 4.74 Å². The molecule has 1 N–H and O–H groups in total. The van der Waals surface area contributed by atoms with E-state index in [-0.39, 0.29) is 0 Å². The molecule has 0 bridgehead atoms. The molecular formula is C19H31NOSi. The highest BCUT2D eigenvalue weighted by atomic mass is 28.3. The number of hydrogen-bond donors (Lipinski definition) is 1. The van der Waals surface area contributed by atoms with Crippen molar-refractivity contribution >= 4 is 8.07 Å². The Kier molecular flexibility index (Phi) is 5.87. The molecule has 1 aliphatic carbocycles. The van der Waals surface area contributed by atoms with Crippen LogP contribution in [-0.2, 0) is 4.74 Å². The summed E-state index contributed by atoms with van der Waals surface area (Å²) in [5.74, 6) is 0.471. The molecular weight excluding hydrogens is 286 g/mol. The lowest BCUT2D eigenvalue weighted by Gasteiger charge is -2.30. The molecule has 0 saturated heterocycles. The molecule has 1 aliphatic heterocycles. The van der Waals surface area contributed by atoms with Gasteiger partial charge in [-0.1, -0.05) is 56.4 Å². The largest absolute Gasteiger partial charge is 0.381 e. The molecule has 2 atom stereocenters. The van der Waals surface area contributed by atoms with Gasteiger partial charge < -0.3 is 10.1 Å². The van der Waals surface area contributed by atoms with Crippen LogP contribution in [0.25, 0.3) is 0 Å². The molecule has 2 unspecified atom stereocenters. The van der Waals surface area contributed by atoms with Gasteiger partial charge in [-0.2, -0.15) is 0 Å². The fourth-order valence-corrected chi connectivity index (χ4v) is 3.49. The molecule has 0 spiro atoms. The topological polar surface area (TPSA) is 21.3 Å². The Morgan fingerprint density at radius 1 is 1.23 bits per heavy atom. The van der Waals surface area contributed by atoms with Gasteiger partial charge in [-0.05, 0) is 31.0 Å². The van der Waals surface area contributed by atoms with E-state index >= 15 is 0 Å². The Morgan fingerprint density at radius 3 is 2.68 bits per heavy atom. The smallest absolute Gasteiger partial charge is 0.0700 e. The summed E-state index contributed by atoms with van der Waals surface area (Å²) in [6, 6.07) is 1.58. The van der Waals surface area contributed by atoms with Crippen molar-refractivity contribution in [2.75, 3.05) is 13.2 Å². The van der Waals surface area contributed by atoms with Crippen molar-refractivity contribution in [1.29, 1.82) is 0 Å². The second-order valence-corrected chi connectivity index (χ2v) is 13.3. The van der Waals surface area contributed by atoms with Crippen molar-refractivity contribution in [3.05, 3.63) is 47.2 Å². The van der Waals surface area contributed by atoms with Gasteiger partial charge in [0.05, 0.1) is 12.6 Å². The minimum Gasteiger partial charge on any atom is -0.381 e. The zero-order valence-electron chi connectivity index (χ0n) is 14.8. The second-order valence-electron chi connectivity index (χ2n) is 7.65. The summed E-state index contributed by atoms with van der Waals surface area (Å²) in [5.41, 5.74) is 4.00. The van der Waals surface area contributed by atoms with Crippen LogP contribution in [0.1, 0.15) is 20.3 Å². The van der Waals surface area contributed by atoms with Crippen LogP contribution in [-0.4, -0.2) is 27.3 Å². The van der Waals surface area contributed by atoms with E-state index in [9.17, 15) is 0 Å². The van der Waals surface area contributed by atoms with E-state index in [1.54, 1.807) is 0 Å². The predicted molar refractivity (Wildman–Crippen MR) is 98.7 cm³/mol. The van der Waals surface area contributed by atoms with Crippen LogP contribution in [0.3, 0.4) is 0 Å². The minimum atomic E-state index is -0.990. The van der Waals surface area contributed by atoms with Crippen LogP contribution >= 0.6 is 0 Å². The maximum atomic E-state index is 5.98. The maximum absolute atomic E-state index is 5.98. The molecule has 0 aromatic carbocycles. The number of hydrogen-bond acceptors (Lipinski definition) is 2. The summed E-state index contributed by atoms with van der Waals surface area (Å²) < 4.78 is 5.98. The molecule has 2 aliphatic rings. The summed E-state index contributed by atoms with van der Waals surface area (Å²) in [6.45, 7) is 13.3. The highest BCUT2D eigenvalue weighted by molar-refractivity contribution is 6.76. The first-order chi connectivity index (χ1) is 10.4. The predicted octanol–water partition coefficient (Wildman–Crippen LogP) is 4.67. The average Bonchev–Trinajstić information content (AvgIpc) is 2.45. The van der Waals surface area contributed by atoms with Gasteiger partial charge in [-0.15, -0.1) is 0 Å². The van der Waals surface area contributed by atoms with E-state index in [0.29, 0.717) is 12.0 Å². The molecule has 0 aromatic heterocycles. The van der Waals surface area contributed by atoms with Crippen LogP contribution in [0.2, 0.25) is 25.7 Å². The standard InChI is InChI=1S/C19H31NOSi/c1-6-16(14-21-11-12-22(3,4)5)18-10-9-17-8-7-15(2)13-19(17)20-18/h7-10,13,16,19-20H,6,11-12,14H2,1-5H3. The number of ether oxygens (including phenoxy) is 1. The Bertz CT molecular complexity index is 508. The fourth-order valence-electron chi connectivity index (χ4n) is 2.73. The molecule has 22 heavy (non-hydrogen) atoms. The molecule has 0 aromatic rings. The average molecular weight is 318 g/mol. The van der Waals surface area contributed by atoms with Gasteiger partial charge in [0.25, 0.3) is 0 Å². The molecule has 2 rings (SSSR count). The van der Waals surface area contributed by atoms with E-state index in [4.69, 9.17) is 4.74 Å². The molecule has 3 heteroatoms. The summed E-state index contributed by atoms with van der Waals surface area (Å²) in [7, 11) is -0.990. The Morgan fingerprint density at radius 2 is 2.00 bits per heavy atom. The molecule has 0 fully saturated rings. The van der Waals surface area contributed by atoms with Gasteiger partial charge >= 0.3 is 0 Å². The SMILES string of the molecule is CCC(COCC[Si](C)(C)C)C1=CC=C2C=CC(C)=CC2N1. The van der Waals surface area contributed by atoms with Gasteiger partial charge in [-0.3, -0.25) is 0 Å². The quantitative estimate of drug-likeness (QED) is 0.544. The van der Waals surface area contributed by atoms with Gasteiger partial charge in [0.1, 0.15) is 0 Å². The Balaban J connectivity index is 1.90. The van der Waals surface area contributed by atoms with Gasteiger partial charge in [0, 0.05) is 26.3 Å². The monoisotopic (exact) mass is 317 g/mol. The third kappa shape index (κ3) is 4.99. The highest BCUT2D eigenvalue weighted by Crippen LogP contribution is 2.25. The zero-order valence-corrected chi connectivity index (χ0v) is 15.8. The van der Waals surface area contributed by atoms with Crippen molar-refractivity contribution in [1.82, 2.24) is 5.32 Å². The zero-order chi connectivity index (χ0) is 16.2. The number of dihydropyridines is 1. The molecule has 0 amide bonds. The van der Waals surface area contributed by atoms with E-state index in [0.717, 1.165) is 19.6 Å². The molecule has 1 heterocycles. The number of rotatable bonds is 7. The van der Waals surface area contributed by atoms with E-state index < -0.39 is 8.07 Å². The Hall–Kier alpha value is -1.06. The third-order valence-corrected chi connectivity index (χ3v) is 6.06. The number of allylic oxidation sites excluding steroid dienone is 4. The lowest BCUT2D eigenvalue weighted by atomic mass is 9.92. The maximum Gasteiger partial charge on any atom is 0.0700 e. The van der Waals surface area contributed by atoms with Crippen molar-refractivity contribution in [2.45, 2.75) is 52.0 Å². The van der Waals surface area contributed by atoms with E-state index in [1.807, 2.05) is 0 Å². The number of fused-ring (bicyclic) bond motifs is 1. The van der Waals surface area contributed by atoms with Crippen LogP contribution in [0.4, 0.5) is 0 Å². The van der Waals surface area contributed by atoms with Crippen LogP contribution in [0.5, 0.6) is 0 Å². The first kappa shape index (κ1) is 17.3. The first-order valence-electron chi connectivity index (χ1n) is 8.51. The van der Waals surface area contributed by atoms with Crippen LogP contribution in [0.15, 0.2) is 47.2 Å². The summed E-state index contributed by atoms with van der Waals surface area (Å²) >= 11 is 0. The van der Waals surface area contributed by atoms with Crippen LogP contribution < -0.4 is 5.32 Å². The molecule has 122 valence electrons. The third-order valence-electron chi connectivity index (χ3n) is 4.35. The van der Waals surface area contributed by atoms with Crippen molar-refractivity contribution in [3.63, 3.8) is 0 Å². The minimum absolute atomic E-state index is 0.334. The van der Waals surface area contributed by atoms with Crippen LogP contribution in [0, 0.1) is 5.92 Å². The van der Waals surface area contributed by atoms with E-state index in [1.165, 1.54) is 22.9 Å². The van der Waals surface area contributed by atoms with Gasteiger partial charge in [0.2, 0.25) is 0 Å². The van der Waals surface area contributed by atoms with Crippen molar-refractivity contribution in [2.24, 2.45) is 5.92 Å². The molecule has 2 nitrogen and oxygen atoms in total. The highest BCUT2D eigenvalue weighted by Gasteiger charge is 2.22. The number of nitrogens with one attached hydrogen (secondary N) is 1.